The number of hydrogen-bond acceptors (Lipinski definition) is 5. The van der Waals surface area contributed by atoms with Crippen molar-refractivity contribution in [3.05, 3.63) is 29.1 Å². The number of carbonyl (C=O) groups excluding carboxylic acids is 1. The average molecular weight is 333 g/mol. The Morgan fingerprint density at radius 2 is 2.10 bits per heavy atom. The minimum atomic E-state index is -3.33. The second kappa shape index (κ2) is 6.11. The van der Waals surface area contributed by atoms with E-state index in [2.05, 4.69) is 4.74 Å². The summed E-state index contributed by atoms with van der Waals surface area (Å²) < 4.78 is 29.7. The van der Waals surface area contributed by atoms with Gasteiger partial charge in [0.1, 0.15) is 4.88 Å². The van der Waals surface area contributed by atoms with E-state index in [1.165, 1.54) is 18.4 Å². The van der Waals surface area contributed by atoms with Crippen LogP contribution in [0.1, 0.15) is 16.1 Å². The molecule has 0 aliphatic rings. The molecule has 7 heteroatoms. The number of carbonyl (C=O) groups is 1. The lowest BCUT2D eigenvalue weighted by molar-refractivity contribution is 0.0606. The molecular weight excluding hydrogens is 320 g/mol. The van der Waals surface area contributed by atoms with E-state index in [9.17, 15) is 13.2 Å². The first-order valence-electron chi connectivity index (χ1n) is 5.88. The van der Waals surface area contributed by atoms with Gasteiger partial charge in [0, 0.05) is 10.6 Å². The molecule has 1 heterocycles. The molecule has 0 bridgehead atoms. The molecule has 2 aromatic rings. The van der Waals surface area contributed by atoms with Crippen LogP contribution in [0.25, 0.3) is 10.1 Å². The summed E-state index contributed by atoms with van der Waals surface area (Å²) in [5.74, 6) is -0.0830. The van der Waals surface area contributed by atoms with E-state index >= 15 is 0 Å². The standard InChI is InChI=1S/C13H13ClO4S2/c1-18-13(15)12-8-9-7-10(3-4-11(9)19-12)20(16,17)6-2-5-14/h3-4,7-8H,2,5-6H2,1H3. The number of thiophene rings is 1. The van der Waals surface area contributed by atoms with Crippen molar-refractivity contribution in [1.29, 1.82) is 0 Å². The lowest BCUT2D eigenvalue weighted by Crippen LogP contribution is -2.07. The zero-order valence-electron chi connectivity index (χ0n) is 10.8. The number of methoxy groups -OCH3 is 1. The van der Waals surface area contributed by atoms with E-state index in [0.717, 1.165) is 10.1 Å². The highest BCUT2D eigenvalue weighted by atomic mass is 35.5. The van der Waals surface area contributed by atoms with Crippen LogP contribution in [0.5, 0.6) is 0 Å². The molecule has 0 unspecified atom stereocenters. The highest BCUT2D eigenvalue weighted by molar-refractivity contribution is 7.91. The number of alkyl halides is 1. The molecule has 0 saturated heterocycles. The predicted molar refractivity (Wildman–Crippen MR) is 80.6 cm³/mol. The molecule has 20 heavy (non-hydrogen) atoms. The summed E-state index contributed by atoms with van der Waals surface area (Å²) in [6.45, 7) is 0. The van der Waals surface area contributed by atoms with Gasteiger partial charge < -0.3 is 4.74 Å². The molecule has 0 N–H and O–H groups in total. The smallest absolute Gasteiger partial charge is 0.348 e. The lowest BCUT2D eigenvalue weighted by atomic mass is 10.2. The average Bonchev–Trinajstić information content (AvgIpc) is 2.87. The third-order valence-electron chi connectivity index (χ3n) is 2.78. The minimum Gasteiger partial charge on any atom is -0.465 e. The summed E-state index contributed by atoms with van der Waals surface area (Å²) in [5.41, 5.74) is 0. The summed E-state index contributed by atoms with van der Waals surface area (Å²) in [4.78, 5) is 12.2. The monoisotopic (exact) mass is 332 g/mol. The Morgan fingerprint density at radius 1 is 1.35 bits per heavy atom. The van der Waals surface area contributed by atoms with Crippen LogP contribution in [0.15, 0.2) is 29.2 Å². The molecule has 0 amide bonds. The van der Waals surface area contributed by atoms with E-state index in [-0.39, 0.29) is 10.6 Å². The zero-order valence-corrected chi connectivity index (χ0v) is 13.1. The molecule has 0 saturated carbocycles. The highest BCUT2D eigenvalue weighted by Gasteiger charge is 2.16. The molecular formula is C13H13ClO4S2. The van der Waals surface area contributed by atoms with Crippen LogP contribution in [0.2, 0.25) is 0 Å². The van der Waals surface area contributed by atoms with Crippen molar-refractivity contribution in [1.82, 2.24) is 0 Å². The third-order valence-corrected chi connectivity index (χ3v) is 5.94. The number of sulfone groups is 1. The molecule has 4 nitrogen and oxygen atoms in total. The van der Waals surface area contributed by atoms with E-state index in [1.54, 1.807) is 24.3 Å². The molecule has 1 aromatic carbocycles. The van der Waals surface area contributed by atoms with Gasteiger partial charge in [-0.05, 0) is 36.1 Å². The summed E-state index contributed by atoms with van der Waals surface area (Å²) >= 11 is 6.81. The molecule has 0 aliphatic carbocycles. The third kappa shape index (κ3) is 3.13. The molecule has 0 fully saturated rings. The number of benzene rings is 1. The molecule has 0 spiro atoms. The molecule has 0 radical (unpaired) electrons. The topological polar surface area (TPSA) is 60.4 Å². The normalized spacial score (nSPS) is 11.7. The fourth-order valence-corrected chi connectivity index (χ4v) is 4.37. The van der Waals surface area contributed by atoms with E-state index in [0.29, 0.717) is 17.2 Å². The molecule has 0 atom stereocenters. The van der Waals surface area contributed by atoms with Crippen LogP contribution in [-0.4, -0.2) is 33.1 Å². The van der Waals surface area contributed by atoms with Crippen LogP contribution in [-0.2, 0) is 14.6 Å². The Kier molecular flexibility index (Phi) is 4.67. The number of esters is 1. The fraction of sp³-hybridized carbons (Fsp3) is 0.308. The Balaban J connectivity index is 2.41. The number of hydrogen-bond donors (Lipinski definition) is 0. The Morgan fingerprint density at radius 3 is 2.75 bits per heavy atom. The molecule has 0 aliphatic heterocycles. The van der Waals surface area contributed by atoms with Gasteiger partial charge in [-0.3, -0.25) is 0 Å². The van der Waals surface area contributed by atoms with Gasteiger partial charge in [0.2, 0.25) is 0 Å². The quantitative estimate of drug-likeness (QED) is 0.623. The summed E-state index contributed by atoms with van der Waals surface area (Å²) in [6.07, 6.45) is 0.416. The number of fused-ring (bicyclic) bond motifs is 1. The summed E-state index contributed by atoms with van der Waals surface area (Å²) in [5, 5.41) is 0.724. The number of rotatable bonds is 5. The van der Waals surface area contributed by atoms with Gasteiger partial charge in [0.15, 0.2) is 9.84 Å². The lowest BCUT2D eigenvalue weighted by Gasteiger charge is -2.03. The van der Waals surface area contributed by atoms with Crippen molar-refractivity contribution >= 4 is 48.8 Å². The zero-order chi connectivity index (χ0) is 14.8. The number of halogens is 1. The maximum atomic E-state index is 12.1. The van der Waals surface area contributed by atoms with Gasteiger partial charge in [-0.2, -0.15) is 0 Å². The Labute approximate surface area is 126 Å². The first-order chi connectivity index (χ1) is 9.47. The fourth-order valence-electron chi connectivity index (χ4n) is 1.78. The van der Waals surface area contributed by atoms with Gasteiger partial charge in [-0.25, -0.2) is 13.2 Å². The van der Waals surface area contributed by atoms with Crippen LogP contribution in [0, 0.1) is 0 Å². The Bertz CT molecular complexity index is 734. The maximum absolute atomic E-state index is 12.1. The van der Waals surface area contributed by atoms with E-state index < -0.39 is 15.8 Å². The molecule has 2 rings (SSSR count). The van der Waals surface area contributed by atoms with Crippen LogP contribution in [0.4, 0.5) is 0 Å². The Hall–Kier alpha value is -1.11. The second-order valence-corrected chi connectivity index (χ2v) is 7.73. The summed E-state index contributed by atoms with van der Waals surface area (Å²) in [6, 6.07) is 6.50. The van der Waals surface area contributed by atoms with Crippen molar-refractivity contribution in [2.45, 2.75) is 11.3 Å². The van der Waals surface area contributed by atoms with Crippen molar-refractivity contribution in [3.63, 3.8) is 0 Å². The van der Waals surface area contributed by atoms with Gasteiger partial charge in [-0.1, -0.05) is 0 Å². The second-order valence-electron chi connectivity index (χ2n) is 4.16. The van der Waals surface area contributed by atoms with Crippen LogP contribution < -0.4 is 0 Å². The minimum absolute atomic E-state index is 0.0238. The molecule has 1 aromatic heterocycles. The largest absolute Gasteiger partial charge is 0.465 e. The predicted octanol–water partition coefficient (Wildman–Crippen LogP) is 3.09. The highest BCUT2D eigenvalue weighted by Crippen LogP contribution is 2.28. The SMILES string of the molecule is COC(=O)c1cc2cc(S(=O)(=O)CCCCl)ccc2s1. The van der Waals surface area contributed by atoms with Gasteiger partial charge in [0.05, 0.1) is 17.8 Å². The number of ether oxygens (including phenoxy) is 1. The van der Waals surface area contributed by atoms with Gasteiger partial charge in [-0.15, -0.1) is 22.9 Å². The van der Waals surface area contributed by atoms with Gasteiger partial charge in [0.25, 0.3) is 0 Å². The first kappa shape index (κ1) is 15.3. The van der Waals surface area contributed by atoms with Crippen molar-refractivity contribution in [2.24, 2.45) is 0 Å². The van der Waals surface area contributed by atoms with E-state index in [1.807, 2.05) is 0 Å². The van der Waals surface area contributed by atoms with Gasteiger partial charge >= 0.3 is 5.97 Å². The molecule has 108 valence electrons. The van der Waals surface area contributed by atoms with Crippen molar-refractivity contribution < 1.29 is 17.9 Å². The van der Waals surface area contributed by atoms with Crippen molar-refractivity contribution in [2.75, 3.05) is 18.7 Å². The van der Waals surface area contributed by atoms with Crippen LogP contribution in [0.3, 0.4) is 0 Å². The van der Waals surface area contributed by atoms with E-state index in [4.69, 9.17) is 11.6 Å². The first-order valence-corrected chi connectivity index (χ1v) is 8.89. The maximum Gasteiger partial charge on any atom is 0.348 e. The van der Waals surface area contributed by atoms with Crippen LogP contribution >= 0.6 is 22.9 Å². The van der Waals surface area contributed by atoms with Crippen molar-refractivity contribution in [3.8, 4) is 0 Å². The summed E-state index contributed by atoms with van der Waals surface area (Å²) in [7, 11) is -2.01.